The van der Waals surface area contributed by atoms with Gasteiger partial charge in [-0.25, -0.2) is 8.42 Å². The minimum Gasteiger partial charge on any atom is -0.324 e. The van der Waals surface area contributed by atoms with Crippen molar-refractivity contribution in [1.29, 1.82) is 0 Å². The molecular weight excluding hydrogens is 476 g/mol. The Bertz CT molecular complexity index is 1200. The Hall–Kier alpha value is -2.48. The van der Waals surface area contributed by atoms with Crippen LogP contribution in [0.15, 0.2) is 77.7 Å². The number of amides is 1. The SMILES string of the molecule is CC[C@H](C(=O)Nc1ccc(CSc2ccccc2)cc1C)N(c1ccc(Cl)cc1)S(C)(=O)=O. The van der Waals surface area contributed by atoms with Gasteiger partial charge in [0.05, 0.1) is 11.9 Å². The Morgan fingerprint density at radius 1 is 1.06 bits per heavy atom. The number of hydrogen-bond acceptors (Lipinski definition) is 4. The molecule has 1 N–H and O–H groups in total. The second kappa shape index (κ2) is 11.1. The van der Waals surface area contributed by atoms with E-state index in [9.17, 15) is 13.2 Å². The van der Waals surface area contributed by atoms with Crippen LogP contribution in [-0.2, 0) is 20.6 Å². The topological polar surface area (TPSA) is 66.5 Å². The summed E-state index contributed by atoms with van der Waals surface area (Å²) >= 11 is 7.70. The number of halogens is 1. The van der Waals surface area contributed by atoms with Gasteiger partial charge in [0, 0.05) is 21.4 Å². The van der Waals surface area contributed by atoms with Crippen LogP contribution in [0.4, 0.5) is 11.4 Å². The van der Waals surface area contributed by atoms with Crippen molar-refractivity contribution in [2.75, 3.05) is 15.9 Å². The van der Waals surface area contributed by atoms with Gasteiger partial charge in [-0.1, -0.05) is 48.9 Å². The Balaban J connectivity index is 1.76. The highest BCUT2D eigenvalue weighted by Crippen LogP contribution is 2.27. The molecule has 3 aromatic carbocycles. The highest BCUT2D eigenvalue weighted by Gasteiger charge is 2.31. The van der Waals surface area contributed by atoms with Crippen LogP contribution < -0.4 is 9.62 Å². The molecule has 0 spiro atoms. The van der Waals surface area contributed by atoms with Crippen LogP contribution in [-0.4, -0.2) is 26.6 Å². The van der Waals surface area contributed by atoms with Gasteiger partial charge >= 0.3 is 0 Å². The summed E-state index contributed by atoms with van der Waals surface area (Å²) in [7, 11) is -3.70. The van der Waals surface area contributed by atoms with E-state index in [0.29, 0.717) is 22.8 Å². The predicted molar refractivity (Wildman–Crippen MR) is 139 cm³/mol. The molecule has 0 aliphatic heterocycles. The molecule has 1 atom stereocenters. The number of sulfonamides is 1. The highest BCUT2D eigenvalue weighted by atomic mass is 35.5. The maximum atomic E-state index is 13.2. The van der Waals surface area contributed by atoms with E-state index in [1.165, 1.54) is 4.90 Å². The number of hydrogen-bond donors (Lipinski definition) is 1. The van der Waals surface area contributed by atoms with Crippen molar-refractivity contribution in [1.82, 2.24) is 0 Å². The molecule has 0 bridgehead atoms. The molecule has 1 amide bonds. The van der Waals surface area contributed by atoms with Crippen molar-refractivity contribution in [3.05, 3.63) is 88.9 Å². The number of aryl methyl sites for hydroxylation is 1. The first-order chi connectivity index (χ1) is 15.7. The number of anilines is 2. The first-order valence-electron chi connectivity index (χ1n) is 10.5. The number of benzene rings is 3. The minimum atomic E-state index is -3.70. The lowest BCUT2D eigenvalue weighted by molar-refractivity contribution is -0.117. The summed E-state index contributed by atoms with van der Waals surface area (Å²) in [4.78, 5) is 14.4. The van der Waals surface area contributed by atoms with Gasteiger partial charge in [0.2, 0.25) is 15.9 Å². The van der Waals surface area contributed by atoms with E-state index in [4.69, 9.17) is 11.6 Å². The maximum absolute atomic E-state index is 13.2. The van der Waals surface area contributed by atoms with Gasteiger partial charge in [-0.2, -0.15) is 0 Å². The molecule has 0 aliphatic carbocycles. The Morgan fingerprint density at radius 3 is 2.30 bits per heavy atom. The number of carbonyl (C=O) groups excluding carboxylic acids is 1. The monoisotopic (exact) mass is 502 g/mol. The van der Waals surface area contributed by atoms with Crippen LogP contribution in [0.5, 0.6) is 0 Å². The molecular formula is C25H27ClN2O3S2. The standard InChI is InChI=1S/C25H27ClN2O3S2/c1-4-24(28(33(3,30)31)21-13-11-20(26)12-14-21)25(29)27-23-15-10-19(16-18(23)2)17-32-22-8-6-5-7-9-22/h5-16,24H,4,17H2,1-3H3,(H,27,29)/t24-/m1/s1. The molecule has 33 heavy (non-hydrogen) atoms. The fourth-order valence-electron chi connectivity index (χ4n) is 3.50. The largest absolute Gasteiger partial charge is 0.324 e. The van der Waals surface area contributed by atoms with Gasteiger partial charge in [0.15, 0.2) is 0 Å². The van der Waals surface area contributed by atoms with E-state index in [-0.39, 0.29) is 5.91 Å². The van der Waals surface area contributed by atoms with Crippen LogP contribution in [0.25, 0.3) is 0 Å². The number of nitrogens with zero attached hydrogens (tertiary/aromatic N) is 1. The fraction of sp³-hybridized carbons (Fsp3) is 0.240. The van der Waals surface area contributed by atoms with Crippen molar-refractivity contribution in [2.24, 2.45) is 0 Å². The van der Waals surface area contributed by atoms with E-state index in [0.717, 1.165) is 27.4 Å². The lowest BCUT2D eigenvalue weighted by atomic mass is 10.1. The van der Waals surface area contributed by atoms with E-state index in [2.05, 4.69) is 17.4 Å². The third kappa shape index (κ3) is 6.76. The van der Waals surface area contributed by atoms with Crippen LogP contribution >= 0.6 is 23.4 Å². The van der Waals surface area contributed by atoms with Crippen molar-refractivity contribution in [3.63, 3.8) is 0 Å². The van der Waals surface area contributed by atoms with Gasteiger partial charge in [-0.15, -0.1) is 11.8 Å². The minimum absolute atomic E-state index is 0.312. The molecule has 0 fully saturated rings. The first kappa shape index (κ1) is 25.1. The second-order valence-corrected chi connectivity index (χ2v) is 11.0. The summed E-state index contributed by atoms with van der Waals surface area (Å²) in [5, 5.41) is 3.41. The van der Waals surface area contributed by atoms with Gasteiger partial charge < -0.3 is 5.32 Å². The molecule has 0 radical (unpaired) electrons. The second-order valence-electron chi connectivity index (χ2n) is 7.70. The summed E-state index contributed by atoms with van der Waals surface area (Å²) < 4.78 is 26.3. The van der Waals surface area contributed by atoms with Crippen LogP contribution in [0, 0.1) is 6.92 Å². The van der Waals surface area contributed by atoms with E-state index >= 15 is 0 Å². The summed E-state index contributed by atoms with van der Waals surface area (Å²) in [5.41, 5.74) is 3.12. The quantitative estimate of drug-likeness (QED) is 0.358. The third-order valence-corrected chi connectivity index (χ3v) is 7.62. The molecule has 0 heterocycles. The number of thioether (sulfide) groups is 1. The molecule has 0 aliphatic rings. The molecule has 3 rings (SSSR count). The molecule has 0 unspecified atom stereocenters. The fourth-order valence-corrected chi connectivity index (χ4v) is 5.70. The van der Waals surface area contributed by atoms with E-state index in [1.807, 2.05) is 43.3 Å². The van der Waals surface area contributed by atoms with Crippen LogP contribution in [0.3, 0.4) is 0 Å². The van der Waals surface area contributed by atoms with Crippen molar-refractivity contribution in [3.8, 4) is 0 Å². The summed E-state index contributed by atoms with van der Waals surface area (Å²) in [5.74, 6) is 0.433. The van der Waals surface area contributed by atoms with Crippen molar-refractivity contribution < 1.29 is 13.2 Å². The predicted octanol–water partition coefficient (Wildman–Crippen LogP) is 6.12. The normalized spacial score (nSPS) is 12.2. The molecule has 5 nitrogen and oxygen atoms in total. The lowest BCUT2D eigenvalue weighted by Crippen LogP contribution is -2.47. The Morgan fingerprint density at radius 2 is 1.73 bits per heavy atom. The van der Waals surface area contributed by atoms with Crippen molar-refractivity contribution in [2.45, 2.75) is 37.0 Å². The van der Waals surface area contributed by atoms with Gasteiger partial charge in [-0.3, -0.25) is 9.10 Å². The average Bonchev–Trinajstić information content (AvgIpc) is 2.78. The zero-order valence-corrected chi connectivity index (χ0v) is 21.2. The summed E-state index contributed by atoms with van der Waals surface area (Å²) in [6, 6.07) is 21.6. The third-order valence-electron chi connectivity index (χ3n) is 5.11. The van der Waals surface area contributed by atoms with Gasteiger partial charge in [-0.05, 0) is 66.9 Å². The van der Waals surface area contributed by atoms with E-state index < -0.39 is 16.1 Å². The summed E-state index contributed by atoms with van der Waals surface area (Å²) in [6.07, 6.45) is 1.41. The zero-order chi connectivity index (χ0) is 24.0. The smallest absolute Gasteiger partial charge is 0.248 e. The molecule has 174 valence electrons. The molecule has 0 saturated carbocycles. The number of nitrogens with one attached hydrogen (secondary N) is 1. The zero-order valence-electron chi connectivity index (χ0n) is 18.8. The molecule has 0 saturated heterocycles. The Kier molecular flexibility index (Phi) is 8.46. The van der Waals surface area contributed by atoms with Crippen LogP contribution in [0.2, 0.25) is 5.02 Å². The Labute approximate surface area is 205 Å². The average molecular weight is 503 g/mol. The molecule has 3 aromatic rings. The van der Waals surface area contributed by atoms with Gasteiger partial charge in [0.1, 0.15) is 6.04 Å². The number of carbonyl (C=O) groups is 1. The maximum Gasteiger partial charge on any atom is 0.248 e. The number of rotatable bonds is 9. The van der Waals surface area contributed by atoms with E-state index in [1.54, 1.807) is 43.0 Å². The summed E-state index contributed by atoms with van der Waals surface area (Å²) in [6.45, 7) is 3.72. The lowest BCUT2D eigenvalue weighted by Gasteiger charge is -2.30. The van der Waals surface area contributed by atoms with Gasteiger partial charge in [0.25, 0.3) is 0 Å². The first-order valence-corrected chi connectivity index (χ1v) is 13.7. The molecule has 0 aromatic heterocycles. The van der Waals surface area contributed by atoms with Crippen molar-refractivity contribution >= 4 is 50.7 Å². The molecule has 8 heteroatoms. The highest BCUT2D eigenvalue weighted by molar-refractivity contribution is 7.98. The van der Waals surface area contributed by atoms with Crippen LogP contribution in [0.1, 0.15) is 24.5 Å².